The van der Waals surface area contributed by atoms with Crippen LogP contribution in [0.1, 0.15) is 278 Å². The predicted molar refractivity (Wildman–Crippen MR) is 307 cm³/mol. The summed E-state index contributed by atoms with van der Waals surface area (Å²) in [4.78, 5) is 38.1. The second kappa shape index (κ2) is 58.9. The second-order valence-electron chi connectivity index (χ2n) is 19.5. The quantitative estimate of drug-likeness (QED) is 0.0261. The highest BCUT2D eigenvalue weighted by atomic mass is 16.6. The van der Waals surface area contributed by atoms with Gasteiger partial charge in [0.2, 0.25) is 0 Å². The summed E-state index contributed by atoms with van der Waals surface area (Å²) in [6, 6.07) is 0. The van der Waals surface area contributed by atoms with Crippen molar-refractivity contribution in [3.8, 4) is 0 Å². The molecule has 0 saturated heterocycles. The molecule has 0 aromatic heterocycles. The summed E-state index contributed by atoms with van der Waals surface area (Å²) in [5.74, 6) is -0.997. The summed E-state index contributed by atoms with van der Waals surface area (Å²) in [6.45, 7) is 6.45. The lowest BCUT2D eigenvalue weighted by Crippen LogP contribution is -2.30. The SMILES string of the molecule is CC/C=C\C/C=C\C/C=C\C/C=C\C/C=C\C/C=C\CCC(=O)OC[C@H](COC(=O)CCCCCCCCCCCCC/C=C\CCCCCCCC)OC(=O)CCCCCCC/C=C\CCCCCC. The first-order chi connectivity index (χ1) is 35.0. The summed E-state index contributed by atoms with van der Waals surface area (Å²) in [5.41, 5.74) is 0. The summed E-state index contributed by atoms with van der Waals surface area (Å²) in [5, 5.41) is 0. The molecule has 0 fully saturated rings. The Balaban J connectivity index is 4.43. The Kier molecular flexibility index (Phi) is 55.9. The van der Waals surface area contributed by atoms with Gasteiger partial charge in [0, 0.05) is 19.3 Å². The summed E-state index contributed by atoms with van der Waals surface area (Å²) in [7, 11) is 0. The lowest BCUT2D eigenvalue weighted by molar-refractivity contribution is -0.166. The normalized spacial score (nSPS) is 12.8. The van der Waals surface area contributed by atoms with Gasteiger partial charge in [0.1, 0.15) is 13.2 Å². The first kappa shape index (κ1) is 67.3. The van der Waals surface area contributed by atoms with Gasteiger partial charge in [-0.2, -0.15) is 0 Å². The molecule has 0 aromatic carbocycles. The van der Waals surface area contributed by atoms with Gasteiger partial charge < -0.3 is 14.2 Å². The van der Waals surface area contributed by atoms with Crippen molar-refractivity contribution in [2.75, 3.05) is 13.2 Å². The lowest BCUT2D eigenvalue weighted by atomic mass is 10.0. The van der Waals surface area contributed by atoms with Crippen LogP contribution in [0.3, 0.4) is 0 Å². The van der Waals surface area contributed by atoms with Crippen LogP contribution in [0.5, 0.6) is 0 Å². The number of hydrogen-bond acceptors (Lipinski definition) is 6. The van der Waals surface area contributed by atoms with Crippen LogP contribution in [0.25, 0.3) is 0 Å². The molecule has 0 aromatic rings. The Morgan fingerprint density at radius 1 is 0.296 bits per heavy atom. The molecule has 406 valence electrons. The number of rotatable bonds is 53. The Bertz CT molecular complexity index is 1410. The van der Waals surface area contributed by atoms with Crippen LogP contribution in [-0.2, 0) is 28.6 Å². The smallest absolute Gasteiger partial charge is 0.306 e. The number of allylic oxidation sites excluding steroid dienone is 16. The zero-order valence-electron chi connectivity index (χ0n) is 46.5. The van der Waals surface area contributed by atoms with Crippen molar-refractivity contribution in [2.45, 2.75) is 284 Å². The van der Waals surface area contributed by atoms with Crippen LogP contribution in [0, 0.1) is 0 Å². The molecule has 0 amide bonds. The van der Waals surface area contributed by atoms with Crippen molar-refractivity contribution in [1.82, 2.24) is 0 Å². The van der Waals surface area contributed by atoms with Gasteiger partial charge in [-0.05, 0) is 109 Å². The van der Waals surface area contributed by atoms with E-state index in [-0.39, 0.29) is 37.5 Å². The largest absolute Gasteiger partial charge is 0.462 e. The van der Waals surface area contributed by atoms with Gasteiger partial charge >= 0.3 is 17.9 Å². The molecule has 6 heteroatoms. The van der Waals surface area contributed by atoms with Gasteiger partial charge in [0.15, 0.2) is 6.10 Å². The van der Waals surface area contributed by atoms with Gasteiger partial charge in [-0.1, -0.05) is 246 Å². The third-order valence-electron chi connectivity index (χ3n) is 12.6. The van der Waals surface area contributed by atoms with E-state index in [1.54, 1.807) is 0 Å². The Labute approximate surface area is 438 Å². The first-order valence-electron chi connectivity index (χ1n) is 29.7. The number of carbonyl (C=O) groups excluding carboxylic acids is 3. The second-order valence-corrected chi connectivity index (χ2v) is 19.5. The van der Waals surface area contributed by atoms with Gasteiger partial charge in [-0.25, -0.2) is 0 Å². The molecule has 0 saturated carbocycles. The lowest BCUT2D eigenvalue weighted by Gasteiger charge is -2.18. The van der Waals surface area contributed by atoms with E-state index in [9.17, 15) is 14.4 Å². The Morgan fingerprint density at radius 2 is 0.577 bits per heavy atom. The fourth-order valence-corrected chi connectivity index (χ4v) is 8.11. The van der Waals surface area contributed by atoms with Crippen LogP contribution in [0.15, 0.2) is 97.2 Å². The third-order valence-corrected chi connectivity index (χ3v) is 12.6. The van der Waals surface area contributed by atoms with E-state index < -0.39 is 6.10 Å². The van der Waals surface area contributed by atoms with E-state index in [2.05, 4.69) is 112 Å². The van der Waals surface area contributed by atoms with Crippen molar-refractivity contribution in [1.29, 1.82) is 0 Å². The molecule has 0 aliphatic carbocycles. The third kappa shape index (κ3) is 57.1. The van der Waals surface area contributed by atoms with Gasteiger partial charge in [-0.3, -0.25) is 14.4 Å². The zero-order valence-corrected chi connectivity index (χ0v) is 46.5. The number of esters is 3. The summed E-state index contributed by atoms with van der Waals surface area (Å²) >= 11 is 0. The minimum Gasteiger partial charge on any atom is -0.462 e. The van der Waals surface area contributed by atoms with Gasteiger partial charge in [-0.15, -0.1) is 0 Å². The van der Waals surface area contributed by atoms with Crippen molar-refractivity contribution >= 4 is 17.9 Å². The average molecular weight is 988 g/mol. The van der Waals surface area contributed by atoms with Crippen LogP contribution >= 0.6 is 0 Å². The van der Waals surface area contributed by atoms with Crippen molar-refractivity contribution in [3.05, 3.63) is 97.2 Å². The van der Waals surface area contributed by atoms with Crippen LogP contribution in [-0.4, -0.2) is 37.2 Å². The molecular weight excluding hydrogens is 877 g/mol. The molecule has 0 heterocycles. The maximum Gasteiger partial charge on any atom is 0.306 e. The number of unbranched alkanes of at least 4 members (excludes halogenated alkanes) is 26. The summed E-state index contributed by atoms with van der Waals surface area (Å²) in [6.07, 6.45) is 78.4. The standard InChI is InChI=1S/C65H110O6/c1-4-7-10-13-16-19-22-25-27-29-31-32-34-36-38-41-43-46-49-52-55-58-64(67)70-61-62(71-65(68)59-56-53-50-47-44-39-24-21-18-15-12-9-6-3)60-69-63(66)57-54-51-48-45-42-40-37-35-33-30-28-26-23-20-17-14-11-8-5-2/h8,11,17,20-21,24-28,33,35,40,42,48,51,62H,4-7,9-10,12-16,18-19,22-23,29-32,34,36-39,41,43-47,49-50,52-61H2,1-3H3/b11-8-,20-17-,24-21-,27-25-,28-26-,35-33-,42-40-,51-48-/t62-/m1/s1. The van der Waals surface area contributed by atoms with Gasteiger partial charge in [0.05, 0.1) is 0 Å². The van der Waals surface area contributed by atoms with E-state index in [0.717, 1.165) is 89.9 Å². The molecule has 71 heavy (non-hydrogen) atoms. The maximum absolute atomic E-state index is 12.8. The van der Waals surface area contributed by atoms with Crippen LogP contribution in [0.2, 0.25) is 0 Å². The number of ether oxygens (including phenoxy) is 3. The van der Waals surface area contributed by atoms with Gasteiger partial charge in [0.25, 0.3) is 0 Å². The predicted octanol–water partition coefficient (Wildman–Crippen LogP) is 20.1. The maximum atomic E-state index is 12.8. The fraction of sp³-hybridized carbons (Fsp3) is 0.708. The van der Waals surface area contributed by atoms with Crippen molar-refractivity contribution in [2.24, 2.45) is 0 Å². The minimum absolute atomic E-state index is 0.104. The van der Waals surface area contributed by atoms with E-state index in [0.29, 0.717) is 19.3 Å². The minimum atomic E-state index is -0.813. The summed E-state index contributed by atoms with van der Waals surface area (Å²) < 4.78 is 16.8. The first-order valence-corrected chi connectivity index (χ1v) is 29.7. The topological polar surface area (TPSA) is 78.9 Å². The number of hydrogen-bond donors (Lipinski definition) is 0. The Hall–Kier alpha value is -3.67. The highest BCUT2D eigenvalue weighted by Crippen LogP contribution is 2.15. The molecule has 0 aliphatic heterocycles. The van der Waals surface area contributed by atoms with Crippen LogP contribution in [0.4, 0.5) is 0 Å². The van der Waals surface area contributed by atoms with Crippen LogP contribution < -0.4 is 0 Å². The molecule has 6 nitrogen and oxygen atoms in total. The Morgan fingerprint density at radius 3 is 0.958 bits per heavy atom. The van der Waals surface area contributed by atoms with E-state index in [4.69, 9.17) is 14.2 Å². The van der Waals surface area contributed by atoms with Crippen molar-refractivity contribution < 1.29 is 28.6 Å². The molecule has 0 unspecified atom stereocenters. The highest BCUT2D eigenvalue weighted by molar-refractivity contribution is 5.71. The van der Waals surface area contributed by atoms with E-state index >= 15 is 0 Å². The monoisotopic (exact) mass is 987 g/mol. The molecule has 0 spiro atoms. The molecule has 0 bridgehead atoms. The van der Waals surface area contributed by atoms with E-state index in [1.165, 1.54) is 141 Å². The van der Waals surface area contributed by atoms with Crippen molar-refractivity contribution in [3.63, 3.8) is 0 Å². The molecular formula is C65H110O6. The van der Waals surface area contributed by atoms with E-state index in [1.807, 2.05) is 6.08 Å². The molecule has 0 rings (SSSR count). The molecule has 0 radical (unpaired) electrons. The molecule has 0 aliphatic rings. The number of carbonyl (C=O) groups is 3. The average Bonchev–Trinajstić information content (AvgIpc) is 3.37. The fourth-order valence-electron chi connectivity index (χ4n) is 8.11. The molecule has 1 atom stereocenters. The zero-order chi connectivity index (χ0) is 51.4. The highest BCUT2D eigenvalue weighted by Gasteiger charge is 2.19. The molecule has 0 N–H and O–H groups in total.